The van der Waals surface area contributed by atoms with E-state index >= 15 is 0 Å². The summed E-state index contributed by atoms with van der Waals surface area (Å²) in [6, 6.07) is 5.85. The number of carbonyl (C=O) groups excluding carboxylic acids is 1. The van der Waals surface area contributed by atoms with Crippen LogP contribution in [0.15, 0.2) is 24.4 Å². The number of hydrogen-bond acceptors (Lipinski definition) is 6. The molecule has 0 aliphatic carbocycles. The van der Waals surface area contributed by atoms with Gasteiger partial charge < -0.3 is 24.2 Å². The molecule has 2 aliphatic rings. The van der Waals surface area contributed by atoms with E-state index in [1.165, 1.54) is 7.11 Å². The number of alkyl halides is 3. The number of carboxylic acids is 1. The molecule has 8 nitrogen and oxygen atoms in total. The van der Waals surface area contributed by atoms with Gasteiger partial charge in [-0.25, -0.2) is 4.79 Å². The van der Waals surface area contributed by atoms with Crippen molar-refractivity contribution >= 4 is 11.9 Å². The van der Waals surface area contributed by atoms with Gasteiger partial charge in [0.05, 0.1) is 18.3 Å². The Balaban J connectivity index is 0.000000370. The number of carbonyl (C=O) groups is 2. The van der Waals surface area contributed by atoms with Gasteiger partial charge in [-0.2, -0.15) is 13.2 Å². The third-order valence-electron chi connectivity index (χ3n) is 4.48. The highest BCUT2D eigenvalue weighted by Gasteiger charge is 2.46. The summed E-state index contributed by atoms with van der Waals surface area (Å²) in [5.41, 5.74) is 0.886. The molecular formula is C18H23F3N2O6. The van der Waals surface area contributed by atoms with Crippen molar-refractivity contribution in [2.75, 3.05) is 26.9 Å². The Morgan fingerprint density at radius 3 is 2.69 bits per heavy atom. The highest BCUT2D eigenvalue weighted by atomic mass is 19.4. The van der Waals surface area contributed by atoms with E-state index in [2.05, 4.69) is 4.98 Å². The van der Waals surface area contributed by atoms with E-state index in [1.807, 2.05) is 23.1 Å². The van der Waals surface area contributed by atoms with Crippen molar-refractivity contribution in [1.29, 1.82) is 0 Å². The quantitative estimate of drug-likeness (QED) is 0.773. The van der Waals surface area contributed by atoms with Gasteiger partial charge >= 0.3 is 12.1 Å². The van der Waals surface area contributed by atoms with Crippen LogP contribution in [0.4, 0.5) is 13.2 Å². The third-order valence-corrected chi connectivity index (χ3v) is 4.48. The highest BCUT2D eigenvalue weighted by Crippen LogP contribution is 2.31. The molecule has 1 N–H and O–H groups in total. The summed E-state index contributed by atoms with van der Waals surface area (Å²) in [6.07, 6.45) is -1.54. The molecule has 2 fully saturated rings. The van der Waals surface area contributed by atoms with E-state index in [0.717, 1.165) is 25.1 Å². The lowest BCUT2D eigenvalue weighted by Crippen LogP contribution is -2.44. The van der Waals surface area contributed by atoms with Crippen LogP contribution in [0.3, 0.4) is 0 Å². The number of amides is 1. The van der Waals surface area contributed by atoms with Gasteiger partial charge in [-0.05, 0) is 25.0 Å². The monoisotopic (exact) mass is 420 g/mol. The fraction of sp³-hybridized carbons (Fsp3) is 0.611. The molecule has 3 atom stereocenters. The molecule has 1 aromatic rings. The van der Waals surface area contributed by atoms with Crippen molar-refractivity contribution in [3.8, 4) is 0 Å². The average Bonchev–Trinajstić information content (AvgIpc) is 3.06. The predicted octanol–water partition coefficient (Wildman–Crippen LogP) is 1.64. The minimum Gasteiger partial charge on any atom is -0.475 e. The molecule has 0 unspecified atom stereocenters. The van der Waals surface area contributed by atoms with Crippen molar-refractivity contribution in [2.24, 2.45) is 0 Å². The van der Waals surface area contributed by atoms with Gasteiger partial charge in [-0.3, -0.25) is 9.78 Å². The molecule has 1 aromatic heterocycles. The molecule has 3 heterocycles. The zero-order valence-corrected chi connectivity index (χ0v) is 15.8. The third kappa shape index (κ3) is 6.65. The minimum atomic E-state index is -5.08. The molecule has 29 heavy (non-hydrogen) atoms. The zero-order valence-electron chi connectivity index (χ0n) is 15.8. The Labute approximate surface area is 165 Å². The van der Waals surface area contributed by atoms with Crippen LogP contribution in [-0.2, 0) is 30.4 Å². The number of hydrogen-bond donors (Lipinski definition) is 1. The van der Waals surface area contributed by atoms with Crippen LogP contribution in [0.1, 0.15) is 18.5 Å². The van der Waals surface area contributed by atoms with Crippen LogP contribution in [-0.4, -0.2) is 78.2 Å². The summed E-state index contributed by atoms with van der Waals surface area (Å²) in [4.78, 5) is 27.2. The molecule has 2 aliphatic heterocycles. The number of nitrogens with zero attached hydrogens (tertiary/aromatic N) is 2. The lowest BCUT2D eigenvalue weighted by Gasteiger charge is -2.32. The van der Waals surface area contributed by atoms with E-state index < -0.39 is 12.1 Å². The molecule has 0 aromatic carbocycles. The van der Waals surface area contributed by atoms with Crippen molar-refractivity contribution < 1.29 is 42.1 Å². The Hall–Kier alpha value is -2.24. The number of rotatable bonds is 5. The SMILES string of the molecule is COCC(=O)N1C[C@@H](OCc2ccccn2)[C@H]2OCCC[C@H]21.O=C(O)C(F)(F)F. The van der Waals surface area contributed by atoms with Gasteiger partial charge in [-0.15, -0.1) is 0 Å². The first kappa shape index (κ1) is 23.0. The van der Waals surface area contributed by atoms with Gasteiger partial charge in [0.25, 0.3) is 0 Å². The number of halogens is 3. The number of ether oxygens (including phenoxy) is 3. The number of carboxylic acid groups (broad SMARTS) is 1. The Kier molecular flexibility index (Phi) is 8.35. The zero-order chi connectivity index (χ0) is 21.4. The second-order valence-corrected chi connectivity index (χ2v) is 6.50. The summed E-state index contributed by atoms with van der Waals surface area (Å²) in [6.45, 7) is 1.84. The van der Waals surface area contributed by atoms with Crippen LogP contribution in [0, 0.1) is 0 Å². The molecule has 1 amide bonds. The second kappa shape index (κ2) is 10.5. The number of methoxy groups -OCH3 is 1. The van der Waals surface area contributed by atoms with Gasteiger partial charge in [-0.1, -0.05) is 6.07 Å². The first-order chi connectivity index (χ1) is 13.7. The van der Waals surface area contributed by atoms with Gasteiger partial charge in [0.15, 0.2) is 0 Å². The van der Waals surface area contributed by atoms with Crippen molar-refractivity contribution in [1.82, 2.24) is 9.88 Å². The second-order valence-electron chi connectivity index (χ2n) is 6.50. The summed E-state index contributed by atoms with van der Waals surface area (Å²) < 4.78 is 48.6. The van der Waals surface area contributed by atoms with Gasteiger partial charge in [0.2, 0.25) is 5.91 Å². The van der Waals surface area contributed by atoms with Crippen LogP contribution in [0.2, 0.25) is 0 Å². The number of likely N-dealkylation sites (tertiary alicyclic amines) is 1. The number of aromatic nitrogens is 1. The van der Waals surface area contributed by atoms with E-state index in [9.17, 15) is 18.0 Å². The van der Waals surface area contributed by atoms with Crippen molar-refractivity contribution in [3.05, 3.63) is 30.1 Å². The topological polar surface area (TPSA) is 98.2 Å². The molecule has 11 heteroatoms. The maximum atomic E-state index is 12.2. The van der Waals surface area contributed by atoms with E-state index in [0.29, 0.717) is 13.2 Å². The van der Waals surface area contributed by atoms with Gasteiger partial charge in [0.1, 0.15) is 18.8 Å². The summed E-state index contributed by atoms with van der Waals surface area (Å²) in [5, 5.41) is 7.12. The van der Waals surface area contributed by atoms with E-state index in [-0.39, 0.29) is 30.8 Å². The Morgan fingerprint density at radius 1 is 1.38 bits per heavy atom. The number of aliphatic carboxylic acids is 1. The van der Waals surface area contributed by atoms with Crippen LogP contribution in [0.25, 0.3) is 0 Å². The standard InChI is InChI=1S/C16H22N2O4.C2HF3O2/c1-20-11-15(19)18-9-14(16-13(18)6-4-8-21-16)22-10-12-5-2-3-7-17-12;3-2(4,5)1(6)7/h2-3,5,7,13-14,16H,4,6,8-11H2,1H3;(H,6,7)/t13-,14-,16+;/m1./s1. The molecule has 2 saturated heterocycles. The Bertz CT molecular complexity index is 673. The first-order valence-corrected chi connectivity index (χ1v) is 8.95. The number of pyridine rings is 1. The van der Waals surface area contributed by atoms with Gasteiger partial charge in [0, 0.05) is 26.5 Å². The van der Waals surface area contributed by atoms with Crippen LogP contribution < -0.4 is 0 Å². The lowest BCUT2D eigenvalue weighted by atomic mass is 10.0. The first-order valence-electron chi connectivity index (χ1n) is 8.95. The van der Waals surface area contributed by atoms with Crippen molar-refractivity contribution in [3.63, 3.8) is 0 Å². The molecule has 0 spiro atoms. The van der Waals surface area contributed by atoms with E-state index in [4.69, 9.17) is 24.1 Å². The predicted molar refractivity (Wildman–Crippen MR) is 92.9 cm³/mol. The average molecular weight is 420 g/mol. The summed E-state index contributed by atoms with van der Waals surface area (Å²) in [7, 11) is 1.54. The minimum absolute atomic E-state index is 0.00642. The fourth-order valence-electron chi connectivity index (χ4n) is 3.23. The molecule has 3 rings (SSSR count). The molecule has 0 saturated carbocycles. The molecule has 0 bridgehead atoms. The van der Waals surface area contributed by atoms with Crippen LogP contribution >= 0.6 is 0 Å². The smallest absolute Gasteiger partial charge is 0.475 e. The molecule has 162 valence electrons. The highest BCUT2D eigenvalue weighted by molar-refractivity contribution is 5.78. The van der Waals surface area contributed by atoms with E-state index in [1.54, 1.807) is 6.20 Å². The maximum absolute atomic E-state index is 12.2. The maximum Gasteiger partial charge on any atom is 0.490 e. The fourth-order valence-corrected chi connectivity index (χ4v) is 3.23. The largest absolute Gasteiger partial charge is 0.490 e. The normalized spacial score (nSPS) is 23.7. The van der Waals surface area contributed by atoms with Crippen molar-refractivity contribution in [2.45, 2.75) is 43.9 Å². The summed E-state index contributed by atoms with van der Waals surface area (Å²) in [5.74, 6) is -2.75. The molecular weight excluding hydrogens is 397 g/mol. The molecule has 0 radical (unpaired) electrons. The number of fused-ring (bicyclic) bond motifs is 1. The van der Waals surface area contributed by atoms with Crippen LogP contribution in [0.5, 0.6) is 0 Å². The Morgan fingerprint density at radius 2 is 2.10 bits per heavy atom. The summed E-state index contributed by atoms with van der Waals surface area (Å²) >= 11 is 0. The lowest BCUT2D eigenvalue weighted by molar-refractivity contribution is -0.192.